The van der Waals surface area contributed by atoms with E-state index in [0.717, 1.165) is 25.1 Å². The van der Waals surface area contributed by atoms with Gasteiger partial charge in [-0.05, 0) is 25.5 Å². The van der Waals surface area contributed by atoms with Crippen molar-refractivity contribution in [1.82, 2.24) is 4.57 Å². The van der Waals surface area contributed by atoms with Gasteiger partial charge in [-0.25, -0.2) is 0 Å². The molecule has 1 aromatic rings. The van der Waals surface area contributed by atoms with E-state index in [1.165, 1.54) is 0 Å². The van der Waals surface area contributed by atoms with Crippen LogP contribution in [0.3, 0.4) is 0 Å². The fraction of sp³-hybridized carbons (Fsp3) is 0.500. The molecule has 0 aromatic carbocycles. The van der Waals surface area contributed by atoms with E-state index in [1.807, 2.05) is 13.0 Å². The summed E-state index contributed by atoms with van der Waals surface area (Å²) in [5.41, 5.74) is 6.78. The van der Waals surface area contributed by atoms with Crippen LogP contribution in [0.15, 0.2) is 16.9 Å². The molecule has 2 N–H and O–H groups in total. The number of hydrogen-bond donors (Lipinski definition) is 1. The van der Waals surface area contributed by atoms with E-state index >= 15 is 0 Å². The Balaban J connectivity index is 3.03. The molecule has 13 heavy (non-hydrogen) atoms. The zero-order valence-electron chi connectivity index (χ0n) is 8.21. The van der Waals surface area contributed by atoms with Gasteiger partial charge >= 0.3 is 0 Å². The third kappa shape index (κ3) is 2.11. The van der Waals surface area contributed by atoms with Crippen molar-refractivity contribution in [3.63, 3.8) is 0 Å². The summed E-state index contributed by atoms with van der Waals surface area (Å²) in [4.78, 5) is 11.5. The van der Waals surface area contributed by atoms with Gasteiger partial charge in [0, 0.05) is 12.2 Å². The van der Waals surface area contributed by atoms with Crippen LogP contribution >= 0.6 is 0 Å². The highest BCUT2D eigenvalue weighted by Gasteiger charge is 2.01. The van der Waals surface area contributed by atoms with E-state index in [-0.39, 0.29) is 5.56 Å². The van der Waals surface area contributed by atoms with Crippen molar-refractivity contribution in [3.05, 3.63) is 28.2 Å². The number of rotatable bonds is 3. The number of nitrogens with zero attached hydrogens (tertiary/aromatic N) is 1. The molecule has 1 rings (SSSR count). The molecule has 0 atom stereocenters. The van der Waals surface area contributed by atoms with E-state index in [9.17, 15) is 4.79 Å². The van der Waals surface area contributed by atoms with Crippen LogP contribution in [-0.4, -0.2) is 4.57 Å². The first-order valence-electron chi connectivity index (χ1n) is 4.62. The summed E-state index contributed by atoms with van der Waals surface area (Å²) in [6.07, 6.45) is 2.10. The normalized spacial score (nSPS) is 10.3. The Hall–Kier alpha value is -1.25. The molecule has 0 saturated carbocycles. The van der Waals surface area contributed by atoms with Crippen LogP contribution < -0.4 is 11.3 Å². The van der Waals surface area contributed by atoms with Gasteiger partial charge in [0.25, 0.3) is 5.56 Å². The number of anilines is 1. The first-order valence-corrected chi connectivity index (χ1v) is 4.62. The van der Waals surface area contributed by atoms with Crippen LogP contribution in [0.5, 0.6) is 0 Å². The van der Waals surface area contributed by atoms with Crippen molar-refractivity contribution >= 4 is 5.69 Å². The van der Waals surface area contributed by atoms with E-state index in [4.69, 9.17) is 5.73 Å². The maximum Gasteiger partial charge on any atom is 0.273 e. The second-order valence-electron chi connectivity index (χ2n) is 3.24. The highest BCUT2D eigenvalue weighted by atomic mass is 16.1. The molecule has 0 radical (unpaired) electrons. The molecule has 0 aliphatic rings. The summed E-state index contributed by atoms with van der Waals surface area (Å²) >= 11 is 0. The predicted octanol–water partition coefficient (Wildman–Crippen LogP) is 1.54. The van der Waals surface area contributed by atoms with Crippen LogP contribution in [0.4, 0.5) is 5.69 Å². The molecule has 0 bridgehead atoms. The standard InChI is InChI=1S/C10H16N2O/c1-3-4-7-12-8(2)5-6-9(11)10(12)13/h5-6H,3-4,7,11H2,1-2H3. The molecule has 0 saturated heterocycles. The monoisotopic (exact) mass is 180 g/mol. The van der Waals surface area contributed by atoms with Gasteiger partial charge in [0.15, 0.2) is 0 Å². The molecule has 0 aliphatic heterocycles. The Morgan fingerprint density at radius 2 is 2.15 bits per heavy atom. The second kappa shape index (κ2) is 4.12. The van der Waals surface area contributed by atoms with Crippen LogP contribution in [-0.2, 0) is 6.54 Å². The lowest BCUT2D eigenvalue weighted by atomic mass is 10.3. The van der Waals surface area contributed by atoms with E-state index in [1.54, 1.807) is 10.6 Å². The van der Waals surface area contributed by atoms with Crippen LogP contribution in [0.1, 0.15) is 25.5 Å². The van der Waals surface area contributed by atoms with E-state index in [2.05, 4.69) is 6.92 Å². The molecule has 3 nitrogen and oxygen atoms in total. The lowest BCUT2D eigenvalue weighted by Crippen LogP contribution is -2.24. The summed E-state index contributed by atoms with van der Waals surface area (Å²) in [6, 6.07) is 3.55. The Bertz CT molecular complexity index is 341. The van der Waals surface area contributed by atoms with Gasteiger partial charge in [-0.15, -0.1) is 0 Å². The van der Waals surface area contributed by atoms with Gasteiger partial charge in [0.05, 0.1) is 5.69 Å². The topological polar surface area (TPSA) is 48.0 Å². The molecule has 0 unspecified atom stereocenters. The molecule has 72 valence electrons. The number of nitrogens with two attached hydrogens (primary N) is 1. The zero-order chi connectivity index (χ0) is 9.84. The van der Waals surface area contributed by atoms with Crippen molar-refractivity contribution in [1.29, 1.82) is 0 Å². The first-order chi connectivity index (χ1) is 6.16. The molecule has 0 fully saturated rings. The van der Waals surface area contributed by atoms with E-state index < -0.39 is 0 Å². The fourth-order valence-electron chi connectivity index (χ4n) is 1.28. The van der Waals surface area contributed by atoms with Crippen molar-refractivity contribution in [2.75, 3.05) is 5.73 Å². The van der Waals surface area contributed by atoms with Crippen LogP contribution in [0.2, 0.25) is 0 Å². The number of hydrogen-bond acceptors (Lipinski definition) is 2. The lowest BCUT2D eigenvalue weighted by Gasteiger charge is -2.09. The number of nitrogen functional groups attached to an aromatic ring is 1. The zero-order valence-corrected chi connectivity index (χ0v) is 8.21. The minimum atomic E-state index is -0.0616. The summed E-state index contributed by atoms with van der Waals surface area (Å²) in [5.74, 6) is 0. The summed E-state index contributed by atoms with van der Waals surface area (Å²) in [5, 5.41) is 0. The predicted molar refractivity (Wildman–Crippen MR) is 54.8 cm³/mol. The fourth-order valence-corrected chi connectivity index (χ4v) is 1.28. The number of unbranched alkanes of at least 4 members (excludes halogenated alkanes) is 1. The summed E-state index contributed by atoms with van der Waals surface area (Å²) in [7, 11) is 0. The molecule has 0 aliphatic carbocycles. The molecule has 0 spiro atoms. The lowest BCUT2D eigenvalue weighted by molar-refractivity contribution is 0.600. The van der Waals surface area contributed by atoms with Gasteiger partial charge in [-0.1, -0.05) is 13.3 Å². The maximum absolute atomic E-state index is 11.5. The van der Waals surface area contributed by atoms with Gasteiger partial charge in [-0.3, -0.25) is 4.79 Å². The average molecular weight is 180 g/mol. The Morgan fingerprint density at radius 1 is 1.46 bits per heavy atom. The summed E-state index contributed by atoms with van der Waals surface area (Å²) < 4.78 is 1.73. The SMILES string of the molecule is CCCCn1c(C)ccc(N)c1=O. The van der Waals surface area contributed by atoms with Gasteiger partial charge in [0.1, 0.15) is 0 Å². The van der Waals surface area contributed by atoms with Crippen molar-refractivity contribution in [2.24, 2.45) is 0 Å². The van der Waals surface area contributed by atoms with Crippen molar-refractivity contribution in [3.8, 4) is 0 Å². The van der Waals surface area contributed by atoms with Crippen molar-refractivity contribution in [2.45, 2.75) is 33.2 Å². The first kappa shape index (κ1) is 9.84. The Labute approximate surface area is 78.2 Å². The largest absolute Gasteiger partial charge is 0.394 e. The Kier molecular flexibility index (Phi) is 3.12. The van der Waals surface area contributed by atoms with Gasteiger partial charge in [-0.2, -0.15) is 0 Å². The van der Waals surface area contributed by atoms with Gasteiger partial charge in [0.2, 0.25) is 0 Å². The quantitative estimate of drug-likeness (QED) is 0.767. The second-order valence-corrected chi connectivity index (χ2v) is 3.24. The number of aromatic nitrogens is 1. The molecular formula is C10H16N2O. The third-order valence-electron chi connectivity index (χ3n) is 2.16. The van der Waals surface area contributed by atoms with E-state index in [0.29, 0.717) is 5.69 Å². The molecule has 3 heteroatoms. The molecular weight excluding hydrogens is 164 g/mol. The third-order valence-corrected chi connectivity index (χ3v) is 2.16. The van der Waals surface area contributed by atoms with Crippen LogP contribution in [0, 0.1) is 6.92 Å². The maximum atomic E-state index is 11.5. The number of pyridine rings is 1. The summed E-state index contributed by atoms with van der Waals surface area (Å²) in [6.45, 7) is 4.80. The average Bonchev–Trinajstić information content (AvgIpc) is 2.12. The molecule has 1 heterocycles. The highest BCUT2D eigenvalue weighted by Crippen LogP contribution is 2.01. The van der Waals surface area contributed by atoms with Gasteiger partial charge < -0.3 is 10.3 Å². The molecule has 1 aromatic heterocycles. The number of aryl methyl sites for hydroxylation is 1. The van der Waals surface area contributed by atoms with Crippen LogP contribution in [0.25, 0.3) is 0 Å². The highest BCUT2D eigenvalue weighted by molar-refractivity contribution is 5.35. The van der Waals surface area contributed by atoms with Crippen molar-refractivity contribution < 1.29 is 0 Å². The smallest absolute Gasteiger partial charge is 0.273 e. The molecule has 0 amide bonds. The minimum absolute atomic E-state index is 0.0616. The minimum Gasteiger partial charge on any atom is -0.394 e. The Morgan fingerprint density at radius 3 is 2.77 bits per heavy atom.